The Hall–Kier alpha value is -5.58. The number of unbranched alkanes of at least 4 members (excludes halogenated alkanes) is 1. The average molecular weight is 905 g/mol. The first-order valence-corrected chi connectivity index (χ1v) is 24.4. The highest BCUT2D eigenvalue weighted by Crippen LogP contribution is 2.37. The molecule has 16 heteroatoms. The number of nitrogens with one attached hydrogen (secondary N) is 3. The first-order valence-electron chi connectivity index (χ1n) is 24.4. The Bertz CT molecular complexity index is 2480. The van der Waals surface area contributed by atoms with Crippen LogP contribution in [0.25, 0.3) is 33.2 Å². The molecule has 5 heterocycles. The van der Waals surface area contributed by atoms with Gasteiger partial charge in [0.05, 0.1) is 11.0 Å². The molecule has 16 nitrogen and oxygen atoms in total. The van der Waals surface area contributed by atoms with Crippen LogP contribution in [0, 0.1) is 0 Å². The molecule has 1 aliphatic carbocycles. The minimum Gasteiger partial charge on any atom is -0.381 e. The molecule has 2 saturated heterocycles. The number of amides is 4. The van der Waals surface area contributed by atoms with E-state index in [1.165, 1.54) is 53.4 Å². The lowest BCUT2D eigenvalue weighted by atomic mass is 9.95. The standard InChI is InChI=1S/C50H68N10O6/c1-3-4-22-51-48-53-33-40-41(35-59(46(40)55-48)39-12-6-5-7-13-39)38-17-14-37(15-18-38)34-57-24-26-58(27-25-57)49(63)52-23-9-29-66-31-10-30-65-28-8-11-36-16-19-42-44(32-36)56(2)50(64)60(42)43-20-21-45(61)54-47(43)62/h14-19,32-33,35,39,43H,3-13,20-31,34H2,1-2H3,(H,52,63)(H,51,53,55)(H,54,61,62). The highest BCUT2D eigenvalue weighted by molar-refractivity contribution is 6.00. The molecule has 3 fully saturated rings. The Balaban J connectivity index is 0.684. The third-order valence-electron chi connectivity index (χ3n) is 13.4. The van der Waals surface area contributed by atoms with Crippen molar-refractivity contribution < 1.29 is 23.9 Å². The lowest BCUT2D eigenvalue weighted by Gasteiger charge is -2.34. The largest absolute Gasteiger partial charge is 0.381 e. The number of carbonyl (C=O) groups excluding carboxylic acids is 3. The molecule has 2 aliphatic heterocycles. The van der Waals surface area contributed by atoms with Crippen LogP contribution in [-0.2, 0) is 39.1 Å². The summed E-state index contributed by atoms with van der Waals surface area (Å²) in [5, 5.41) is 9.95. The number of aromatic nitrogens is 5. The van der Waals surface area contributed by atoms with Gasteiger partial charge in [0.25, 0.3) is 0 Å². The molecule has 1 unspecified atom stereocenters. The van der Waals surface area contributed by atoms with E-state index in [1.54, 1.807) is 11.6 Å². The molecule has 0 bridgehead atoms. The maximum absolute atomic E-state index is 13.0. The lowest BCUT2D eigenvalue weighted by Crippen LogP contribution is -2.51. The molecule has 3 N–H and O–H groups in total. The van der Waals surface area contributed by atoms with Crippen molar-refractivity contribution in [1.29, 1.82) is 0 Å². The highest BCUT2D eigenvalue weighted by atomic mass is 16.5. The minimum atomic E-state index is -0.689. The van der Waals surface area contributed by atoms with Crippen LogP contribution in [0.5, 0.6) is 0 Å². The molecule has 3 aliphatic rings. The van der Waals surface area contributed by atoms with Gasteiger partial charge < -0.3 is 29.6 Å². The van der Waals surface area contributed by atoms with Gasteiger partial charge in [-0.1, -0.05) is 62.9 Å². The van der Waals surface area contributed by atoms with Crippen molar-refractivity contribution in [3.05, 3.63) is 76.5 Å². The molecule has 0 radical (unpaired) electrons. The molecule has 3 aromatic heterocycles. The van der Waals surface area contributed by atoms with Gasteiger partial charge in [0.2, 0.25) is 17.8 Å². The van der Waals surface area contributed by atoms with E-state index in [0.29, 0.717) is 70.0 Å². The van der Waals surface area contributed by atoms with Gasteiger partial charge in [0.15, 0.2) is 0 Å². The predicted molar refractivity (Wildman–Crippen MR) is 257 cm³/mol. The summed E-state index contributed by atoms with van der Waals surface area (Å²) in [6.45, 7) is 9.98. The quantitative estimate of drug-likeness (QED) is 0.0531. The second-order valence-corrected chi connectivity index (χ2v) is 18.2. The summed E-state index contributed by atoms with van der Waals surface area (Å²) in [4.78, 5) is 64.1. The van der Waals surface area contributed by atoms with E-state index >= 15 is 0 Å². The fraction of sp³-hybridized carbons (Fsp3) is 0.560. The zero-order valence-electron chi connectivity index (χ0n) is 38.9. The van der Waals surface area contributed by atoms with Gasteiger partial charge in [-0.15, -0.1) is 0 Å². The zero-order valence-corrected chi connectivity index (χ0v) is 38.9. The van der Waals surface area contributed by atoms with Crippen molar-refractivity contribution in [3.8, 4) is 11.1 Å². The van der Waals surface area contributed by atoms with Crippen LogP contribution in [-0.4, -0.2) is 117 Å². The van der Waals surface area contributed by atoms with Crippen LogP contribution in [0.15, 0.2) is 59.7 Å². The number of imidazole rings is 1. The number of hydrogen-bond acceptors (Lipinski definition) is 10. The van der Waals surface area contributed by atoms with Gasteiger partial charge in [-0.25, -0.2) is 14.6 Å². The van der Waals surface area contributed by atoms with Crippen molar-refractivity contribution >= 4 is 45.9 Å². The van der Waals surface area contributed by atoms with Crippen LogP contribution in [0.1, 0.15) is 107 Å². The summed E-state index contributed by atoms with van der Waals surface area (Å²) in [7, 11) is 1.71. The number of urea groups is 1. The smallest absolute Gasteiger partial charge is 0.329 e. The summed E-state index contributed by atoms with van der Waals surface area (Å²) in [6, 6.07) is 14.6. The van der Waals surface area contributed by atoms with Gasteiger partial charge in [0.1, 0.15) is 11.7 Å². The number of benzene rings is 2. The number of rotatable bonds is 21. The zero-order chi connectivity index (χ0) is 45.8. The number of piperazine rings is 1. The minimum absolute atomic E-state index is 0.0118. The van der Waals surface area contributed by atoms with Crippen molar-refractivity contribution in [2.45, 2.75) is 109 Å². The number of nitrogens with zero attached hydrogens (tertiary/aromatic N) is 7. The third kappa shape index (κ3) is 11.5. The van der Waals surface area contributed by atoms with Crippen LogP contribution in [0.4, 0.5) is 10.7 Å². The summed E-state index contributed by atoms with van der Waals surface area (Å²) < 4.78 is 17.1. The summed E-state index contributed by atoms with van der Waals surface area (Å²) in [5.74, 6) is -0.0237. The maximum atomic E-state index is 13.0. The molecule has 4 amide bonds. The average Bonchev–Trinajstić information content (AvgIpc) is 3.83. The second kappa shape index (κ2) is 22.7. The van der Waals surface area contributed by atoms with Gasteiger partial charge in [-0.2, -0.15) is 4.98 Å². The van der Waals surface area contributed by atoms with Crippen LogP contribution in [0.3, 0.4) is 0 Å². The molecule has 0 spiro atoms. The number of anilines is 1. The van der Waals surface area contributed by atoms with E-state index in [0.717, 1.165) is 86.8 Å². The fourth-order valence-electron chi connectivity index (χ4n) is 9.64. The monoisotopic (exact) mass is 905 g/mol. The Morgan fingerprint density at radius 1 is 0.833 bits per heavy atom. The Labute approximate surface area is 387 Å². The number of imide groups is 1. The molecule has 2 aromatic carbocycles. The first-order chi connectivity index (χ1) is 32.3. The van der Waals surface area contributed by atoms with Crippen LogP contribution < -0.4 is 21.6 Å². The van der Waals surface area contributed by atoms with E-state index < -0.39 is 11.9 Å². The predicted octanol–water partition coefficient (Wildman–Crippen LogP) is 6.72. The molecular weight excluding hydrogens is 837 g/mol. The van der Waals surface area contributed by atoms with Crippen molar-refractivity contribution in [1.82, 2.24) is 44.1 Å². The maximum Gasteiger partial charge on any atom is 0.329 e. The van der Waals surface area contributed by atoms with E-state index in [9.17, 15) is 19.2 Å². The topological polar surface area (TPSA) is 170 Å². The number of aryl methyl sites for hydroxylation is 2. The second-order valence-electron chi connectivity index (χ2n) is 18.2. The van der Waals surface area contributed by atoms with Crippen molar-refractivity contribution in [3.63, 3.8) is 0 Å². The Morgan fingerprint density at radius 3 is 2.33 bits per heavy atom. The van der Waals surface area contributed by atoms with E-state index in [4.69, 9.17) is 19.4 Å². The number of fused-ring (bicyclic) bond motifs is 2. The molecule has 5 aromatic rings. The normalized spacial score (nSPS) is 17.5. The van der Waals surface area contributed by atoms with E-state index in [-0.39, 0.29) is 24.0 Å². The third-order valence-corrected chi connectivity index (χ3v) is 13.4. The fourth-order valence-corrected chi connectivity index (χ4v) is 9.64. The molecule has 8 rings (SSSR count). The summed E-state index contributed by atoms with van der Waals surface area (Å²) in [5.41, 5.74) is 6.94. The van der Waals surface area contributed by atoms with Gasteiger partial charge >= 0.3 is 11.7 Å². The lowest BCUT2D eigenvalue weighted by molar-refractivity contribution is -0.135. The Morgan fingerprint density at radius 2 is 1.58 bits per heavy atom. The number of piperidine rings is 1. The summed E-state index contributed by atoms with van der Waals surface area (Å²) in [6.07, 6.45) is 16.5. The van der Waals surface area contributed by atoms with Gasteiger partial charge in [-0.05, 0) is 80.2 Å². The molecule has 1 saturated carbocycles. The number of hydrogen-bond donors (Lipinski definition) is 3. The number of ether oxygens (including phenoxy) is 2. The highest BCUT2D eigenvalue weighted by Gasteiger charge is 2.31. The van der Waals surface area contributed by atoms with Gasteiger partial charge in [-0.3, -0.25) is 28.9 Å². The van der Waals surface area contributed by atoms with Crippen molar-refractivity contribution in [2.24, 2.45) is 7.05 Å². The van der Waals surface area contributed by atoms with E-state index in [1.807, 2.05) is 29.3 Å². The molecule has 354 valence electrons. The van der Waals surface area contributed by atoms with Gasteiger partial charge in [0, 0.05) is 115 Å². The Kier molecular flexibility index (Phi) is 16.2. The van der Waals surface area contributed by atoms with Crippen LogP contribution >= 0.6 is 0 Å². The van der Waals surface area contributed by atoms with Crippen LogP contribution in [0.2, 0.25) is 0 Å². The molecule has 66 heavy (non-hydrogen) atoms. The SMILES string of the molecule is CCCCNc1ncc2c(-c3ccc(CN4CCN(C(=O)NCCCOCCCOCCCc5ccc6c(c5)n(C)c(=O)n6C5CCC(=O)NC5=O)CC4)cc3)cn(C3CCCCC3)c2n1. The van der Waals surface area contributed by atoms with E-state index in [2.05, 4.69) is 62.8 Å². The summed E-state index contributed by atoms with van der Waals surface area (Å²) >= 11 is 0. The molecular formula is C50H68N10O6. The first kappa shape index (κ1) is 46.9. The number of carbonyl (C=O) groups is 3. The van der Waals surface area contributed by atoms with Crippen molar-refractivity contribution in [2.75, 3.05) is 71.0 Å². The molecule has 1 atom stereocenters.